The maximum Gasteiger partial charge on any atom is 0.338 e. The first kappa shape index (κ1) is 17.1. The number of rotatable bonds is 4. The lowest BCUT2D eigenvalue weighted by molar-refractivity contribution is -0.129. The first-order valence-electron chi connectivity index (χ1n) is 7.79. The summed E-state index contributed by atoms with van der Waals surface area (Å²) in [6.07, 6.45) is 0. The van der Waals surface area contributed by atoms with Gasteiger partial charge in [-0.3, -0.25) is 0 Å². The highest BCUT2D eigenvalue weighted by molar-refractivity contribution is 6.34. The molecule has 4 heteroatoms. The number of carbonyl (C=O) groups excluding carboxylic acids is 1. The normalized spacial score (nSPS) is 10.5. The van der Waals surface area contributed by atoms with Crippen molar-refractivity contribution in [3.63, 3.8) is 0 Å². The van der Waals surface area contributed by atoms with Gasteiger partial charge in [-0.1, -0.05) is 54.1 Å². The molecule has 25 heavy (non-hydrogen) atoms. The number of ether oxygens (including phenoxy) is 2. The average molecular weight is 353 g/mol. The highest BCUT2D eigenvalue weighted by atomic mass is 35.5. The first-order chi connectivity index (χ1) is 12.0. The van der Waals surface area contributed by atoms with E-state index in [4.69, 9.17) is 21.1 Å². The van der Waals surface area contributed by atoms with Crippen LogP contribution in [0.15, 0.2) is 66.7 Å². The lowest BCUT2D eigenvalue weighted by Gasteiger charge is -2.15. The molecule has 0 amide bonds. The van der Waals surface area contributed by atoms with E-state index in [0.717, 1.165) is 10.9 Å². The molecule has 0 aromatic heterocycles. The SMILES string of the molecule is C=C(C)C(=O)Oc1c(Cl)cc(Oc2ccccc2)c2cc(C)ccc12. The van der Waals surface area contributed by atoms with E-state index in [2.05, 4.69) is 6.58 Å². The van der Waals surface area contributed by atoms with Crippen LogP contribution in [0.25, 0.3) is 10.8 Å². The van der Waals surface area contributed by atoms with Crippen LogP contribution in [0.5, 0.6) is 17.2 Å². The molecule has 3 aromatic carbocycles. The molecule has 0 radical (unpaired) electrons. The van der Waals surface area contributed by atoms with Crippen molar-refractivity contribution in [3.8, 4) is 17.2 Å². The standard InChI is InChI=1S/C21H17ClO3/c1-13(2)21(23)25-20-16-10-9-14(3)11-17(16)19(12-18(20)22)24-15-7-5-4-6-8-15/h4-12H,1H2,2-3H3. The molecule has 0 heterocycles. The second-order valence-electron chi connectivity index (χ2n) is 5.82. The second-order valence-corrected chi connectivity index (χ2v) is 6.23. The quantitative estimate of drug-likeness (QED) is 0.324. The van der Waals surface area contributed by atoms with Gasteiger partial charge in [-0.15, -0.1) is 0 Å². The highest BCUT2D eigenvalue weighted by Gasteiger charge is 2.17. The molecular formula is C21H17ClO3. The summed E-state index contributed by atoms with van der Waals surface area (Å²) in [6, 6.07) is 16.9. The minimum atomic E-state index is -0.513. The van der Waals surface area contributed by atoms with E-state index in [9.17, 15) is 4.79 Å². The second kappa shape index (κ2) is 6.99. The summed E-state index contributed by atoms with van der Waals surface area (Å²) in [6.45, 7) is 7.18. The smallest absolute Gasteiger partial charge is 0.338 e. The van der Waals surface area contributed by atoms with Gasteiger partial charge in [0.15, 0.2) is 5.75 Å². The molecule has 0 spiro atoms. The zero-order valence-corrected chi connectivity index (χ0v) is 14.8. The number of halogens is 1. The summed E-state index contributed by atoms with van der Waals surface area (Å²) < 4.78 is 11.4. The number of fused-ring (bicyclic) bond motifs is 1. The summed E-state index contributed by atoms with van der Waals surface area (Å²) >= 11 is 6.38. The third kappa shape index (κ3) is 3.67. The number of hydrogen-bond acceptors (Lipinski definition) is 3. The van der Waals surface area contributed by atoms with Gasteiger partial charge in [-0.2, -0.15) is 0 Å². The third-order valence-electron chi connectivity index (χ3n) is 3.67. The predicted molar refractivity (Wildman–Crippen MR) is 101 cm³/mol. The van der Waals surface area contributed by atoms with Gasteiger partial charge in [0.2, 0.25) is 0 Å². The van der Waals surface area contributed by atoms with Gasteiger partial charge >= 0.3 is 5.97 Å². The van der Waals surface area contributed by atoms with Crippen molar-refractivity contribution in [3.05, 3.63) is 77.3 Å². The fourth-order valence-corrected chi connectivity index (χ4v) is 2.67. The van der Waals surface area contributed by atoms with Gasteiger partial charge in [0, 0.05) is 22.4 Å². The molecule has 3 aromatic rings. The summed E-state index contributed by atoms with van der Waals surface area (Å²) in [5.74, 6) is 1.10. The Hall–Kier alpha value is -2.78. The Bertz CT molecular complexity index is 962. The molecule has 0 unspecified atom stereocenters. The van der Waals surface area contributed by atoms with Crippen LogP contribution in [0.4, 0.5) is 0 Å². The molecule has 126 valence electrons. The Morgan fingerprint density at radius 3 is 2.44 bits per heavy atom. The highest BCUT2D eigenvalue weighted by Crippen LogP contribution is 2.41. The molecule has 0 atom stereocenters. The average Bonchev–Trinajstić information content (AvgIpc) is 2.59. The Morgan fingerprint density at radius 1 is 1.04 bits per heavy atom. The molecule has 3 rings (SSSR count). The number of esters is 1. The Morgan fingerprint density at radius 2 is 1.76 bits per heavy atom. The van der Waals surface area contributed by atoms with Crippen LogP contribution in [0, 0.1) is 6.92 Å². The number of benzene rings is 3. The lowest BCUT2D eigenvalue weighted by Crippen LogP contribution is -2.09. The molecule has 0 saturated heterocycles. The van der Waals surface area contributed by atoms with Crippen molar-refractivity contribution in [2.45, 2.75) is 13.8 Å². The molecule has 3 nitrogen and oxygen atoms in total. The zero-order chi connectivity index (χ0) is 18.0. The van der Waals surface area contributed by atoms with E-state index in [1.165, 1.54) is 0 Å². The van der Waals surface area contributed by atoms with Gasteiger partial charge < -0.3 is 9.47 Å². The van der Waals surface area contributed by atoms with Crippen LogP contribution in [0.1, 0.15) is 12.5 Å². The van der Waals surface area contributed by atoms with E-state index >= 15 is 0 Å². The number of hydrogen-bond donors (Lipinski definition) is 0. The van der Waals surface area contributed by atoms with Gasteiger partial charge in [-0.05, 0) is 32.0 Å². The molecule has 0 aliphatic heterocycles. The minimum Gasteiger partial charge on any atom is -0.457 e. The van der Waals surface area contributed by atoms with Crippen LogP contribution in [0.3, 0.4) is 0 Å². The Labute approximate surface area is 151 Å². The van der Waals surface area contributed by atoms with Crippen molar-refractivity contribution in [2.24, 2.45) is 0 Å². The summed E-state index contributed by atoms with van der Waals surface area (Å²) in [4.78, 5) is 11.9. The van der Waals surface area contributed by atoms with Crippen LogP contribution in [-0.2, 0) is 4.79 Å². The fraction of sp³-hybridized carbons (Fsp3) is 0.0952. The van der Waals surface area contributed by atoms with E-state index in [-0.39, 0.29) is 0 Å². The van der Waals surface area contributed by atoms with Gasteiger partial charge in [0.05, 0.1) is 5.02 Å². The number of aryl methyl sites for hydroxylation is 1. The number of para-hydroxylation sites is 1. The molecule has 0 aliphatic rings. The Kier molecular flexibility index (Phi) is 4.77. The summed E-state index contributed by atoms with van der Waals surface area (Å²) in [5, 5.41) is 1.83. The van der Waals surface area contributed by atoms with Crippen LogP contribution in [-0.4, -0.2) is 5.97 Å². The molecule has 0 bridgehead atoms. The van der Waals surface area contributed by atoms with Crippen LogP contribution >= 0.6 is 11.6 Å². The van der Waals surface area contributed by atoms with Gasteiger partial charge in [-0.25, -0.2) is 4.79 Å². The Balaban J connectivity index is 2.15. The molecule has 0 saturated carbocycles. The van der Waals surface area contributed by atoms with E-state index in [1.54, 1.807) is 13.0 Å². The maximum atomic E-state index is 11.9. The molecule has 0 N–H and O–H groups in total. The summed E-state index contributed by atoms with van der Waals surface area (Å²) in [7, 11) is 0. The largest absolute Gasteiger partial charge is 0.457 e. The van der Waals surface area contributed by atoms with E-state index < -0.39 is 5.97 Å². The molecule has 0 aliphatic carbocycles. The monoisotopic (exact) mass is 352 g/mol. The summed E-state index contributed by atoms with van der Waals surface area (Å²) in [5.41, 5.74) is 1.37. The van der Waals surface area contributed by atoms with Crippen molar-refractivity contribution in [1.82, 2.24) is 0 Å². The van der Waals surface area contributed by atoms with Crippen LogP contribution < -0.4 is 9.47 Å². The van der Waals surface area contributed by atoms with Crippen molar-refractivity contribution < 1.29 is 14.3 Å². The predicted octanol–water partition coefficient (Wildman–Crippen LogP) is 6.08. The van der Waals surface area contributed by atoms with Crippen molar-refractivity contribution in [1.29, 1.82) is 0 Å². The minimum absolute atomic E-state index is 0.303. The topological polar surface area (TPSA) is 35.5 Å². The number of carbonyl (C=O) groups is 1. The van der Waals surface area contributed by atoms with Gasteiger partial charge in [0.25, 0.3) is 0 Å². The van der Waals surface area contributed by atoms with E-state index in [1.807, 2.05) is 55.5 Å². The third-order valence-corrected chi connectivity index (χ3v) is 3.95. The lowest BCUT2D eigenvalue weighted by atomic mass is 10.1. The first-order valence-corrected chi connectivity index (χ1v) is 8.17. The maximum absolute atomic E-state index is 11.9. The molecule has 0 fully saturated rings. The van der Waals surface area contributed by atoms with Gasteiger partial charge in [0.1, 0.15) is 11.5 Å². The van der Waals surface area contributed by atoms with Crippen molar-refractivity contribution >= 4 is 28.3 Å². The van der Waals surface area contributed by atoms with Crippen LogP contribution in [0.2, 0.25) is 5.02 Å². The zero-order valence-electron chi connectivity index (χ0n) is 14.0. The van der Waals surface area contributed by atoms with E-state index in [0.29, 0.717) is 33.2 Å². The van der Waals surface area contributed by atoms with Crippen molar-refractivity contribution in [2.75, 3.05) is 0 Å². The molecular weight excluding hydrogens is 336 g/mol. The fourth-order valence-electron chi connectivity index (χ4n) is 2.43.